The Morgan fingerprint density at radius 2 is 2.00 bits per heavy atom. The number of nitrogens with zero attached hydrogens (tertiary/aromatic N) is 1. The standard InChI is InChI=1S/C14H19NO4S/c1-3-9-15(10-4-2)20(17,18)14-7-5-13(6-8-14)19-12-11-16/h1,5-8,16H,4,9-12H2,2H3. The molecule has 6 heteroatoms. The third kappa shape index (κ3) is 4.23. The minimum Gasteiger partial charge on any atom is -0.491 e. The fraction of sp³-hybridized carbons (Fsp3) is 0.429. The third-order valence-corrected chi connectivity index (χ3v) is 4.42. The van der Waals surface area contributed by atoms with E-state index in [-0.39, 0.29) is 24.7 Å². The number of hydrogen-bond donors (Lipinski definition) is 1. The number of aliphatic hydroxyl groups excluding tert-OH is 1. The molecule has 0 spiro atoms. The van der Waals surface area contributed by atoms with Crippen LogP contribution in [0, 0.1) is 12.3 Å². The molecule has 1 N–H and O–H groups in total. The van der Waals surface area contributed by atoms with E-state index >= 15 is 0 Å². The Morgan fingerprint density at radius 3 is 2.50 bits per heavy atom. The zero-order valence-corrected chi connectivity index (χ0v) is 12.3. The molecule has 0 unspecified atom stereocenters. The van der Waals surface area contributed by atoms with Gasteiger partial charge in [0.2, 0.25) is 10.0 Å². The summed E-state index contributed by atoms with van der Waals surface area (Å²) in [4.78, 5) is 0.178. The summed E-state index contributed by atoms with van der Waals surface area (Å²) in [5, 5.41) is 8.66. The molecule has 1 rings (SSSR count). The van der Waals surface area contributed by atoms with Crippen LogP contribution in [0.1, 0.15) is 13.3 Å². The Labute approximate surface area is 120 Å². The van der Waals surface area contributed by atoms with Crippen LogP contribution in [0.2, 0.25) is 0 Å². The molecule has 0 aliphatic carbocycles. The molecule has 5 nitrogen and oxygen atoms in total. The van der Waals surface area contributed by atoms with Crippen molar-refractivity contribution in [1.82, 2.24) is 4.31 Å². The van der Waals surface area contributed by atoms with Crippen molar-refractivity contribution in [3.63, 3.8) is 0 Å². The quantitative estimate of drug-likeness (QED) is 0.730. The third-order valence-electron chi connectivity index (χ3n) is 2.56. The van der Waals surface area contributed by atoms with E-state index in [1.165, 1.54) is 16.4 Å². The first-order valence-corrected chi connectivity index (χ1v) is 7.77. The lowest BCUT2D eigenvalue weighted by molar-refractivity contribution is 0.201. The fourth-order valence-corrected chi connectivity index (χ4v) is 3.10. The zero-order chi connectivity index (χ0) is 15.0. The number of ether oxygens (including phenoxy) is 1. The molecule has 1 aromatic rings. The molecule has 0 aliphatic rings. The maximum atomic E-state index is 12.4. The van der Waals surface area contributed by atoms with Crippen molar-refractivity contribution in [2.45, 2.75) is 18.2 Å². The normalized spacial score (nSPS) is 11.3. The van der Waals surface area contributed by atoms with Crippen LogP contribution in [-0.4, -0.2) is 44.1 Å². The lowest BCUT2D eigenvalue weighted by Crippen LogP contribution is -2.32. The molecular formula is C14H19NO4S. The fourth-order valence-electron chi connectivity index (χ4n) is 1.66. The molecule has 1 aromatic carbocycles. The van der Waals surface area contributed by atoms with Gasteiger partial charge in [-0.15, -0.1) is 6.42 Å². The predicted octanol–water partition coefficient (Wildman–Crippen LogP) is 1.09. The smallest absolute Gasteiger partial charge is 0.243 e. The average molecular weight is 297 g/mol. The van der Waals surface area contributed by atoms with Crippen LogP contribution < -0.4 is 4.74 Å². The van der Waals surface area contributed by atoms with Crippen molar-refractivity contribution >= 4 is 10.0 Å². The molecule has 0 atom stereocenters. The van der Waals surface area contributed by atoms with E-state index in [4.69, 9.17) is 16.3 Å². The molecule has 0 saturated carbocycles. The Hall–Kier alpha value is -1.55. The van der Waals surface area contributed by atoms with Gasteiger partial charge in [-0.05, 0) is 30.7 Å². The number of benzene rings is 1. The molecule has 0 aliphatic heterocycles. The van der Waals surface area contributed by atoms with Gasteiger partial charge in [0.25, 0.3) is 0 Å². The highest BCUT2D eigenvalue weighted by atomic mass is 32.2. The number of terminal acetylenes is 1. The second kappa shape index (κ2) is 7.90. The highest BCUT2D eigenvalue weighted by molar-refractivity contribution is 7.89. The molecule has 20 heavy (non-hydrogen) atoms. The summed E-state index contributed by atoms with van der Waals surface area (Å²) in [5.41, 5.74) is 0. The monoisotopic (exact) mass is 297 g/mol. The largest absolute Gasteiger partial charge is 0.491 e. The summed E-state index contributed by atoms with van der Waals surface area (Å²) < 4.78 is 31.2. The van der Waals surface area contributed by atoms with Gasteiger partial charge in [-0.3, -0.25) is 0 Å². The Bertz CT molecular complexity index is 546. The topological polar surface area (TPSA) is 66.8 Å². The minimum absolute atomic E-state index is 0.0545. The van der Waals surface area contributed by atoms with E-state index in [0.717, 1.165) is 0 Å². The van der Waals surface area contributed by atoms with Gasteiger partial charge < -0.3 is 9.84 Å². The van der Waals surface area contributed by atoms with E-state index in [1.807, 2.05) is 6.92 Å². The number of sulfonamides is 1. The summed E-state index contributed by atoms with van der Waals surface area (Å²) in [6, 6.07) is 6.06. The van der Waals surface area contributed by atoms with Crippen molar-refractivity contribution in [1.29, 1.82) is 0 Å². The predicted molar refractivity (Wildman–Crippen MR) is 76.9 cm³/mol. The summed E-state index contributed by atoms with van der Waals surface area (Å²) in [6.07, 6.45) is 5.91. The van der Waals surface area contributed by atoms with Crippen LogP contribution in [0.5, 0.6) is 5.75 Å². The molecule has 0 bridgehead atoms. The maximum absolute atomic E-state index is 12.4. The highest BCUT2D eigenvalue weighted by Gasteiger charge is 2.22. The lowest BCUT2D eigenvalue weighted by Gasteiger charge is -2.19. The van der Waals surface area contributed by atoms with Crippen molar-refractivity contribution in [2.75, 3.05) is 26.3 Å². The van der Waals surface area contributed by atoms with Gasteiger partial charge in [0.05, 0.1) is 18.0 Å². The van der Waals surface area contributed by atoms with Crippen LogP contribution in [0.3, 0.4) is 0 Å². The second-order valence-corrected chi connectivity index (χ2v) is 6.02. The average Bonchev–Trinajstić information content (AvgIpc) is 2.45. The van der Waals surface area contributed by atoms with Gasteiger partial charge >= 0.3 is 0 Å². The molecule has 0 fully saturated rings. The second-order valence-electron chi connectivity index (χ2n) is 4.09. The summed E-state index contributed by atoms with van der Waals surface area (Å²) in [5.74, 6) is 2.87. The van der Waals surface area contributed by atoms with Crippen LogP contribution in [-0.2, 0) is 10.0 Å². The first-order chi connectivity index (χ1) is 9.56. The van der Waals surface area contributed by atoms with Gasteiger partial charge in [0.1, 0.15) is 12.4 Å². The molecule has 0 radical (unpaired) electrons. The number of rotatable bonds is 8. The van der Waals surface area contributed by atoms with E-state index < -0.39 is 10.0 Å². The van der Waals surface area contributed by atoms with E-state index in [0.29, 0.717) is 18.7 Å². The zero-order valence-electron chi connectivity index (χ0n) is 11.4. The van der Waals surface area contributed by atoms with Crippen molar-refractivity contribution < 1.29 is 18.3 Å². The van der Waals surface area contributed by atoms with Crippen LogP contribution in [0.4, 0.5) is 0 Å². The summed E-state index contributed by atoms with van der Waals surface area (Å²) in [7, 11) is -3.58. The Morgan fingerprint density at radius 1 is 1.35 bits per heavy atom. The maximum Gasteiger partial charge on any atom is 0.243 e. The van der Waals surface area contributed by atoms with Crippen LogP contribution in [0.15, 0.2) is 29.2 Å². The van der Waals surface area contributed by atoms with E-state index in [9.17, 15) is 8.42 Å². The van der Waals surface area contributed by atoms with E-state index in [2.05, 4.69) is 5.92 Å². The summed E-state index contributed by atoms with van der Waals surface area (Å²) >= 11 is 0. The molecular weight excluding hydrogens is 278 g/mol. The first kappa shape index (κ1) is 16.5. The van der Waals surface area contributed by atoms with Crippen LogP contribution >= 0.6 is 0 Å². The summed E-state index contributed by atoms with van der Waals surface area (Å²) in [6.45, 7) is 2.41. The van der Waals surface area contributed by atoms with Gasteiger partial charge in [-0.2, -0.15) is 4.31 Å². The van der Waals surface area contributed by atoms with Gasteiger partial charge in [0.15, 0.2) is 0 Å². The molecule has 0 heterocycles. The van der Waals surface area contributed by atoms with Gasteiger partial charge in [0, 0.05) is 6.54 Å². The van der Waals surface area contributed by atoms with Gasteiger partial charge in [-0.25, -0.2) is 8.42 Å². The minimum atomic E-state index is -3.58. The number of hydrogen-bond acceptors (Lipinski definition) is 4. The Kier molecular flexibility index (Phi) is 6.52. The lowest BCUT2D eigenvalue weighted by atomic mass is 10.3. The molecule has 0 saturated heterocycles. The highest BCUT2D eigenvalue weighted by Crippen LogP contribution is 2.19. The van der Waals surface area contributed by atoms with E-state index in [1.54, 1.807) is 12.1 Å². The van der Waals surface area contributed by atoms with Crippen molar-refractivity contribution in [3.8, 4) is 18.1 Å². The van der Waals surface area contributed by atoms with Crippen LogP contribution in [0.25, 0.3) is 0 Å². The first-order valence-electron chi connectivity index (χ1n) is 6.33. The Balaban J connectivity index is 2.93. The van der Waals surface area contributed by atoms with Crippen molar-refractivity contribution in [3.05, 3.63) is 24.3 Å². The molecule has 0 aromatic heterocycles. The molecule has 110 valence electrons. The number of aliphatic hydroxyl groups is 1. The SMILES string of the molecule is C#CCN(CCC)S(=O)(=O)c1ccc(OCCO)cc1. The van der Waals surface area contributed by atoms with Crippen molar-refractivity contribution in [2.24, 2.45) is 0 Å². The molecule has 0 amide bonds. The van der Waals surface area contributed by atoms with Gasteiger partial charge in [-0.1, -0.05) is 12.8 Å².